The van der Waals surface area contributed by atoms with Gasteiger partial charge in [0.15, 0.2) is 0 Å². The molecule has 0 spiro atoms. The van der Waals surface area contributed by atoms with E-state index >= 15 is 0 Å². The van der Waals surface area contributed by atoms with Crippen molar-refractivity contribution in [3.8, 4) is 0 Å². The number of amides is 1. The van der Waals surface area contributed by atoms with Crippen molar-refractivity contribution in [2.45, 2.75) is 51.6 Å². The Bertz CT molecular complexity index is 284. The molecule has 0 aromatic carbocycles. The van der Waals surface area contributed by atoms with Gasteiger partial charge in [0, 0.05) is 44.2 Å². The van der Waals surface area contributed by atoms with Crippen molar-refractivity contribution in [1.82, 2.24) is 15.1 Å². The van der Waals surface area contributed by atoms with E-state index < -0.39 is 0 Å². The lowest BCUT2D eigenvalue weighted by Gasteiger charge is -2.42. The Morgan fingerprint density at radius 2 is 1.89 bits per heavy atom. The molecule has 4 nitrogen and oxygen atoms in total. The molecule has 4 heteroatoms. The van der Waals surface area contributed by atoms with Crippen LogP contribution in [0.2, 0.25) is 0 Å². The minimum atomic E-state index is 0.224. The van der Waals surface area contributed by atoms with Crippen LogP contribution in [0, 0.1) is 0 Å². The second-order valence-corrected chi connectivity index (χ2v) is 6.54. The van der Waals surface area contributed by atoms with Crippen molar-refractivity contribution in [3.63, 3.8) is 0 Å². The monoisotopic (exact) mass is 253 g/mol. The summed E-state index contributed by atoms with van der Waals surface area (Å²) >= 11 is 0. The molecule has 2 saturated heterocycles. The van der Waals surface area contributed by atoms with Crippen LogP contribution in [-0.2, 0) is 4.79 Å². The van der Waals surface area contributed by atoms with Crippen molar-refractivity contribution in [2.24, 2.45) is 0 Å². The number of hydrogen-bond acceptors (Lipinski definition) is 3. The first-order chi connectivity index (χ1) is 8.47. The van der Waals surface area contributed by atoms with Gasteiger partial charge in [-0.05, 0) is 40.2 Å². The van der Waals surface area contributed by atoms with Gasteiger partial charge >= 0.3 is 0 Å². The average Bonchev–Trinajstić information content (AvgIpc) is 2.81. The largest absolute Gasteiger partial charge is 0.340 e. The molecule has 1 atom stereocenters. The van der Waals surface area contributed by atoms with E-state index in [4.69, 9.17) is 0 Å². The van der Waals surface area contributed by atoms with E-state index in [0.717, 1.165) is 39.1 Å². The van der Waals surface area contributed by atoms with Gasteiger partial charge in [0.2, 0.25) is 5.91 Å². The number of carbonyl (C=O) groups is 1. The van der Waals surface area contributed by atoms with Crippen LogP contribution in [0.3, 0.4) is 0 Å². The number of nitrogens with zero attached hydrogens (tertiary/aromatic N) is 2. The SMILES string of the molecule is CC(C)(C)N1CCN(C(=O)CC2CCCN2)CC1. The van der Waals surface area contributed by atoms with E-state index in [1.165, 1.54) is 6.42 Å². The second-order valence-electron chi connectivity index (χ2n) is 6.54. The summed E-state index contributed by atoms with van der Waals surface area (Å²) in [5.41, 5.74) is 0.224. The van der Waals surface area contributed by atoms with E-state index in [1.807, 2.05) is 4.90 Å². The fourth-order valence-corrected chi connectivity index (χ4v) is 2.90. The molecule has 18 heavy (non-hydrogen) atoms. The quantitative estimate of drug-likeness (QED) is 0.799. The number of rotatable bonds is 2. The highest BCUT2D eigenvalue weighted by Crippen LogP contribution is 2.17. The first-order valence-electron chi connectivity index (χ1n) is 7.23. The Balaban J connectivity index is 1.76. The standard InChI is InChI=1S/C14H27N3O/c1-14(2,3)17-9-7-16(8-10-17)13(18)11-12-5-4-6-15-12/h12,15H,4-11H2,1-3H3. The molecule has 2 rings (SSSR count). The normalized spacial score (nSPS) is 26.6. The maximum absolute atomic E-state index is 12.2. The highest BCUT2D eigenvalue weighted by atomic mass is 16.2. The predicted molar refractivity (Wildman–Crippen MR) is 73.5 cm³/mol. The molecule has 1 amide bonds. The smallest absolute Gasteiger partial charge is 0.224 e. The summed E-state index contributed by atoms with van der Waals surface area (Å²) in [4.78, 5) is 16.7. The number of nitrogens with one attached hydrogen (secondary N) is 1. The summed E-state index contributed by atoms with van der Waals surface area (Å²) in [5, 5.41) is 3.40. The van der Waals surface area contributed by atoms with E-state index in [9.17, 15) is 4.79 Å². The molecular formula is C14H27N3O. The van der Waals surface area contributed by atoms with Crippen molar-refractivity contribution in [2.75, 3.05) is 32.7 Å². The molecule has 1 unspecified atom stereocenters. The molecule has 2 aliphatic heterocycles. The molecule has 2 heterocycles. The van der Waals surface area contributed by atoms with E-state index in [2.05, 4.69) is 31.0 Å². The minimum Gasteiger partial charge on any atom is -0.340 e. The Morgan fingerprint density at radius 1 is 1.22 bits per heavy atom. The third kappa shape index (κ3) is 3.45. The Morgan fingerprint density at radius 3 is 2.39 bits per heavy atom. The first-order valence-corrected chi connectivity index (χ1v) is 7.23. The van der Waals surface area contributed by atoms with Gasteiger partial charge in [0.05, 0.1) is 0 Å². The molecule has 0 bridgehead atoms. The van der Waals surface area contributed by atoms with Crippen LogP contribution in [0.15, 0.2) is 0 Å². The van der Waals surface area contributed by atoms with E-state index in [1.54, 1.807) is 0 Å². The Kier molecular flexibility index (Phi) is 4.28. The zero-order valence-corrected chi connectivity index (χ0v) is 12.0. The molecule has 104 valence electrons. The molecule has 0 aromatic rings. The van der Waals surface area contributed by atoms with Crippen LogP contribution in [0.25, 0.3) is 0 Å². The Hall–Kier alpha value is -0.610. The third-order valence-electron chi connectivity index (χ3n) is 4.16. The lowest BCUT2D eigenvalue weighted by molar-refractivity contribution is -0.134. The number of piperazine rings is 1. The zero-order valence-electron chi connectivity index (χ0n) is 12.0. The highest BCUT2D eigenvalue weighted by molar-refractivity contribution is 5.77. The van der Waals surface area contributed by atoms with Crippen molar-refractivity contribution >= 4 is 5.91 Å². The second kappa shape index (κ2) is 5.57. The molecule has 0 radical (unpaired) electrons. The lowest BCUT2D eigenvalue weighted by atomic mass is 10.0. The fourth-order valence-electron chi connectivity index (χ4n) is 2.90. The summed E-state index contributed by atoms with van der Waals surface area (Å²) in [6.07, 6.45) is 3.07. The van der Waals surface area contributed by atoms with Crippen LogP contribution < -0.4 is 5.32 Å². The molecule has 0 aromatic heterocycles. The van der Waals surface area contributed by atoms with Gasteiger partial charge in [0.1, 0.15) is 0 Å². The fraction of sp³-hybridized carbons (Fsp3) is 0.929. The van der Waals surface area contributed by atoms with Crippen molar-refractivity contribution in [3.05, 3.63) is 0 Å². The molecule has 0 saturated carbocycles. The maximum atomic E-state index is 12.2. The van der Waals surface area contributed by atoms with Crippen molar-refractivity contribution < 1.29 is 4.79 Å². The zero-order chi connectivity index (χ0) is 13.2. The van der Waals surface area contributed by atoms with Gasteiger partial charge in [-0.15, -0.1) is 0 Å². The van der Waals surface area contributed by atoms with Crippen LogP contribution in [-0.4, -0.2) is 60.0 Å². The summed E-state index contributed by atoms with van der Waals surface area (Å²) in [7, 11) is 0. The summed E-state index contributed by atoms with van der Waals surface area (Å²) in [6.45, 7) is 11.6. The van der Waals surface area contributed by atoms with Crippen LogP contribution in [0.5, 0.6) is 0 Å². The third-order valence-corrected chi connectivity index (χ3v) is 4.16. The summed E-state index contributed by atoms with van der Waals surface area (Å²) in [6, 6.07) is 0.429. The van der Waals surface area contributed by atoms with Crippen molar-refractivity contribution in [1.29, 1.82) is 0 Å². The van der Waals surface area contributed by atoms with Crippen LogP contribution in [0.1, 0.15) is 40.0 Å². The van der Waals surface area contributed by atoms with Crippen LogP contribution in [0.4, 0.5) is 0 Å². The molecule has 2 aliphatic rings. The van der Waals surface area contributed by atoms with Gasteiger partial charge in [-0.1, -0.05) is 0 Å². The van der Waals surface area contributed by atoms with Gasteiger partial charge in [-0.3, -0.25) is 9.69 Å². The van der Waals surface area contributed by atoms with E-state index in [-0.39, 0.29) is 5.54 Å². The molecular weight excluding hydrogens is 226 g/mol. The predicted octanol–water partition coefficient (Wildman–Crippen LogP) is 1.07. The maximum Gasteiger partial charge on any atom is 0.224 e. The summed E-state index contributed by atoms with van der Waals surface area (Å²) < 4.78 is 0. The Labute approximate surface area is 111 Å². The van der Waals surface area contributed by atoms with E-state index in [0.29, 0.717) is 18.4 Å². The van der Waals surface area contributed by atoms with Crippen LogP contribution >= 0.6 is 0 Å². The molecule has 2 fully saturated rings. The summed E-state index contributed by atoms with van der Waals surface area (Å²) in [5.74, 6) is 0.336. The number of carbonyl (C=O) groups excluding carboxylic acids is 1. The molecule has 1 N–H and O–H groups in total. The number of hydrogen-bond donors (Lipinski definition) is 1. The van der Waals surface area contributed by atoms with Gasteiger partial charge in [-0.25, -0.2) is 0 Å². The first kappa shape index (κ1) is 13.8. The van der Waals surface area contributed by atoms with Gasteiger partial charge in [0.25, 0.3) is 0 Å². The minimum absolute atomic E-state index is 0.224. The topological polar surface area (TPSA) is 35.6 Å². The van der Waals surface area contributed by atoms with Gasteiger partial charge < -0.3 is 10.2 Å². The molecule has 0 aliphatic carbocycles. The lowest BCUT2D eigenvalue weighted by Crippen LogP contribution is -2.55. The average molecular weight is 253 g/mol. The van der Waals surface area contributed by atoms with Gasteiger partial charge in [-0.2, -0.15) is 0 Å². The highest BCUT2D eigenvalue weighted by Gasteiger charge is 2.28.